The van der Waals surface area contributed by atoms with E-state index in [-0.39, 0.29) is 34.1 Å². The summed E-state index contributed by atoms with van der Waals surface area (Å²) in [6, 6.07) is 5.20. The predicted molar refractivity (Wildman–Crippen MR) is 144 cm³/mol. The molecule has 3 amide bonds. The molecule has 0 unspecified atom stereocenters. The third-order valence-corrected chi connectivity index (χ3v) is 7.73. The second-order valence-corrected chi connectivity index (χ2v) is 10.8. The van der Waals surface area contributed by atoms with Crippen LogP contribution in [0, 0.1) is 0 Å². The largest absolute Gasteiger partial charge is 0.387 e. The lowest BCUT2D eigenvalue weighted by Gasteiger charge is -2.16. The molecule has 15 nitrogen and oxygen atoms in total. The molecule has 0 saturated carbocycles. The first-order valence-electron chi connectivity index (χ1n) is 12.8. The summed E-state index contributed by atoms with van der Waals surface area (Å²) in [6.45, 7) is 4.32. The molecule has 1 fully saturated rings. The van der Waals surface area contributed by atoms with Crippen LogP contribution >= 0.6 is 0 Å². The normalized spacial score (nSPS) is 20.9. The number of aliphatic hydroxyl groups is 2. The van der Waals surface area contributed by atoms with Gasteiger partial charge in [0.2, 0.25) is 10.0 Å². The van der Waals surface area contributed by atoms with Crippen LogP contribution in [-0.4, -0.2) is 81.5 Å². The van der Waals surface area contributed by atoms with Crippen LogP contribution in [0.1, 0.15) is 39.3 Å². The van der Waals surface area contributed by atoms with E-state index in [1.807, 2.05) is 6.92 Å². The smallest absolute Gasteiger partial charge is 0.324 e. The number of fused-ring (bicyclic) bond motifs is 1. The molecule has 4 atom stereocenters. The Morgan fingerprint density at radius 2 is 1.82 bits per heavy atom. The standard InChI is InChI=1S/C24H32N8O7S/c1-3-5-8-11-29-40(37,38)15-10-7-6-9-14(15)30-24(36)31-20-16-21(27-12-26-20)32(13-28-16)23-18(34)17(33)19(39-23)22(35)25-4-2/h6-7,9-10,12-13,17-19,23,29,33-34H,3-5,8,11H2,1-2H3,(H,25,35)(H2,26,27,30,31,36)/t17-,18+,19-,23+/m0/s1. The number of amides is 3. The van der Waals surface area contributed by atoms with Gasteiger partial charge in [0.05, 0.1) is 12.0 Å². The third-order valence-electron chi connectivity index (χ3n) is 6.21. The number of nitrogens with one attached hydrogen (secondary N) is 4. The number of para-hydroxylation sites is 1. The van der Waals surface area contributed by atoms with Crippen molar-refractivity contribution in [2.75, 3.05) is 23.7 Å². The van der Waals surface area contributed by atoms with Crippen LogP contribution in [0.3, 0.4) is 0 Å². The first kappa shape index (κ1) is 29.3. The number of ether oxygens (including phenoxy) is 1. The van der Waals surface area contributed by atoms with Gasteiger partial charge in [-0.1, -0.05) is 31.9 Å². The lowest BCUT2D eigenvalue weighted by molar-refractivity contribution is -0.137. The molecule has 6 N–H and O–H groups in total. The maximum absolute atomic E-state index is 12.9. The van der Waals surface area contributed by atoms with Gasteiger partial charge in [-0.25, -0.2) is 32.9 Å². The summed E-state index contributed by atoms with van der Waals surface area (Å²) in [5, 5.41) is 28.5. The zero-order valence-electron chi connectivity index (χ0n) is 21.9. The van der Waals surface area contributed by atoms with Gasteiger partial charge in [-0.05, 0) is 25.5 Å². The monoisotopic (exact) mass is 576 g/mol. The zero-order chi connectivity index (χ0) is 28.9. The Bertz CT molecular complexity index is 1460. The highest BCUT2D eigenvalue weighted by Crippen LogP contribution is 2.32. The molecule has 16 heteroatoms. The predicted octanol–water partition coefficient (Wildman–Crippen LogP) is 0.694. The van der Waals surface area contributed by atoms with Gasteiger partial charge in [0.15, 0.2) is 29.3 Å². The summed E-state index contributed by atoms with van der Waals surface area (Å²) in [7, 11) is -3.88. The van der Waals surface area contributed by atoms with Crippen LogP contribution < -0.4 is 20.7 Å². The number of rotatable bonds is 11. The quantitative estimate of drug-likeness (QED) is 0.176. The van der Waals surface area contributed by atoms with E-state index in [4.69, 9.17) is 4.74 Å². The number of sulfonamides is 1. The topological polar surface area (TPSA) is 210 Å². The fraction of sp³-hybridized carbons (Fsp3) is 0.458. The minimum absolute atomic E-state index is 0.00686. The van der Waals surface area contributed by atoms with Gasteiger partial charge in [-0.3, -0.25) is 14.7 Å². The van der Waals surface area contributed by atoms with E-state index in [0.29, 0.717) is 13.0 Å². The van der Waals surface area contributed by atoms with Crippen molar-refractivity contribution in [3.05, 3.63) is 36.9 Å². The number of hydrogen-bond acceptors (Lipinski definition) is 10. The van der Waals surface area contributed by atoms with Crippen molar-refractivity contribution in [2.45, 2.75) is 62.5 Å². The van der Waals surface area contributed by atoms with Gasteiger partial charge < -0.3 is 25.6 Å². The van der Waals surface area contributed by atoms with E-state index in [1.165, 1.54) is 23.0 Å². The number of aromatic nitrogens is 4. The number of nitrogens with zero attached hydrogens (tertiary/aromatic N) is 4. The van der Waals surface area contributed by atoms with Crippen molar-refractivity contribution in [3.8, 4) is 0 Å². The highest BCUT2D eigenvalue weighted by atomic mass is 32.2. The molecule has 0 spiro atoms. The van der Waals surface area contributed by atoms with Crippen LogP contribution in [0.15, 0.2) is 41.8 Å². The second-order valence-electron chi connectivity index (χ2n) is 9.05. The van der Waals surface area contributed by atoms with Gasteiger partial charge in [0.25, 0.3) is 5.91 Å². The van der Waals surface area contributed by atoms with Gasteiger partial charge in [0, 0.05) is 13.1 Å². The number of hydrogen-bond donors (Lipinski definition) is 6. The summed E-state index contributed by atoms with van der Waals surface area (Å²) >= 11 is 0. The number of likely N-dealkylation sites (N-methyl/N-ethyl adjacent to an activating group) is 1. The molecule has 40 heavy (non-hydrogen) atoms. The molecule has 4 rings (SSSR count). The molecule has 216 valence electrons. The Kier molecular flexibility index (Phi) is 9.26. The van der Waals surface area contributed by atoms with Gasteiger partial charge >= 0.3 is 6.03 Å². The Labute approximate surface area is 230 Å². The summed E-state index contributed by atoms with van der Waals surface area (Å²) in [4.78, 5) is 37.4. The third kappa shape index (κ3) is 6.20. The van der Waals surface area contributed by atoms with E-state index in [0.717, 1.165) is 19.2 Å². The van der Waals surface area contributed by atoms with E-state index in [9.17, 15) is 28.2 Å². The van der Waals surface area contributed by atoms with E-state index in [1.54, 1.807) is 19.1 Å². The maximum Gasteiger partial charge on any atom is 0.324 e. The number of aliphatic hydroxyl groups excluding tert-OH is 2. The minimum Gasteiger partial charge on any atom is -0.387 e. The van der Waals surface area contributed by atoms with E-state index in [2.05, 4.69) is 35.6 Å². The average molecular weight is 577 g/mol. The van der Waals surface area contributed by atoms with Crippen LogP contribution in [0.4, 0.5) is 16.3 Å². The molecule has 3 heterocycles. The number of carbonyl (C=O) groups is 2. The first-order chi connectivity index (χ1) is 19.2. The second kappa shape index (κ2) is 12.6. The number of imidazole rings is 1. The highest BCUT2D eigenvalue weighted by molar-refractivity contribution is 7.89. The fourth-order valence-electron chi connectivity index (χ4n) is 4.24. The van der Waals surface area contributed by atoms with Crippen molar-refractivity contribution >= 4 is 44.6 Å². The molecule has 0 bridgehead atoms. The molecular formula is C24H32N8O7S. The zero-order valence-corrected chi connectivity index (χ0v) is 22.8. The summed E-state index contributed by atoms with van der Waals surface area (Å²) in [5.41, 5.74) is 0.340. The molecule has 2 aromatic heterocycles. The molecule has 1 aliphatic heterocycles. The van der Waals surface area contributed by atoms with Crippen molar-refractivity contribution in [1.29, 1.82) is 0 Å². The van der Waals surface area contributed by atoms with Crippen LogP contribution in [-0.2, 0) is 19.6 Å². The van der Waals surface area contributed by atoms with Gasteiger partial charge in [-0.2, -0.15) is 0 Å². The summed E-state index contributed by atoms with van der Waals surface area (Å²) < 4.78 is 35.1. The molecule has 0 aliphatic carbocycles. The van der Waals surface area contributed by atoms with Crippen molar-refractivity contribution in [2.24, 2.45) is 0 Å². The Morgan fingerprint density at radius 1 is 1.05 bits per heavy atom. The SMILES string of the molecule is CCCCCNS(=O)(=O)c1ccccc1NC(=O)Nc1ncnc2c1ncn2[C@@H]1O[C@H](C(=O)NCC)[C@@H](O)[C@H]1O. The summed E-state index contributed by atoms with van der Waals surface area (Å²) in [6.07, 6.45) is -0.507. The molecule has 0 radical (unpaired) electrons. The molecule has 1 saturated heterocycles. The molecular weight excluding hydrogens is 544 g/mol. The minimum atomic E-state index is -3.88. The first-order valence-corrected chi connectivity index (χ1v) is 14.3. The fourth-order valence-corrected chi connectivity index (χ4v) is 5.47. The van der Waals surface area contributed by atoms with Gasteiger partial charge in [-0.15, -0.1) is 0 Å². The number of urea groups is 1. The number of anilines is 2. The van der Waals surface area contributed by atoms with E-state index >= 15 is 0 Å². The Hall–Kier alpha value is -3.70. The summed E-state index contributed by atoms with van der Waals surface area (Å²) in [5.74, 6) is -0.583. The molecule has 3 aromatic rings. The Morgan fingerprint density at radius 3 is 2.58 bits per heavy atom. The molecule has 1 aliphatic rings. The lowest BCUT2D eigenvalue weighted by Crippen LogP contribution is -2.42. The lowest BCUT2D eigenvalue weighted by atomic mass is 10.1. The van der Waals surface area contributed by atoms with Gasteiger partial charge in [0.1, 0.15) is 23.4 Å². The Balaban J connectivity index is 1.51. The highest BCUT2D eigenvalue weighted by Gasteiger charge is 2.47. The van der Waals surface area contributed by atoms with Crippen LogP contribution in [0.5, 0.6) is 0 Å². The average Bonchev–Trinajstić information content (AvgIpc) is 3.48. The maximum atomic E-state index is 12.9. The number of unbranched alkanes of at least 4 members (excludes halogenated alkanes) is 2. The van der Waals surface area contributed by atoms with Crippen molar-refractivity contribution in [3.63, 3.8) is 0 Å². The number of carbonyl (C=O) groups excluding carboxylic acids is 2. The molecule has 1 aromatic carbocycles. The van der Waals surface area contributed by atoms with Crippen molar-refractivity contribution in [1.82, 2.24) is 29.6 Å². The van der Waals surface area contributed by atoms with Crippen LogP contribution in [0.25, 0.3) is 11.2 Å². The van der Waals surface area contributed by atoms with E-state index < -0.39 is 46.5 Å². The number of benzene rings is 1. The van der Waals surface area contributed by atoms with Crippen molar-refractivity contribution < 1.29 is 33.0 Å². The van der Waals surface area contributed by atoms with Crippen LogP contribution in [0.2, 0.25) is 0 Å².